The number of carbonyl (C=O) groups is 1. The van der Waals surface area contributed by atoms with Gasteiger partial charge < -0.3 is 19.3 Å². The van der Waals surface area contributed by atoms with Crippen LogP contribution in [0.4, 0.5) is 0 Å². The predicted molar refractivity (Wildman–Crippen MR) is 96.2 cm³/mol. The summed E-state index contributed by atoms with van der Waals surface area (Å²) in [5.41, 5.74) is 0.900. The molecule has 3 saturated heterocycles. The van der Waals surface area contributed by atoms with Crippen molar-refractivity contribution in [2.24, 2.45) is 34.0 Å². The van der Waals surface area contributed by atoms with E-state index in [1.807, 2.05) is 0 Å². The van der Waals surface area contributed by atoms with Gasteiger partial charge in [-0.15, -0.1) is 0 Å². The van der Waals surface area contributed by atoms with E-state index in [1.54, 1.807) is 0 Å². The van der Waals surface area contributed by atoms with Crippen LogP contribution < -0.4 is 0 Å². The van der Waals surface area contributed by atoms with Crippen LogP contribution in [0.25, 0.3) is 0 Å². The second-order valence-corrected chi connectivity index (χ2v) is 10.4. The number of aliphatic hydroxyl groups is 1. The molecule has 1 N–H and O–H groups in total. The lowest BCUT2D eigenvalue weighted by atomic mass is 9.34. The molecule has 0 aromatic rings. The summed E-state index contributed by atoms with van der Waals surface area (Å²) in [5, 5.41) is 10.9. The number of hydrogen-bond donors (Lipinski definition) is 1. The van der Waals surface area contributed by atoms with Crippen LogP contribution in [0.15, 0.2) is 11.6 Å². The Hall–Kier alpha value is -0.910. The maximum Gasteiger partial charge on any atom is 0.303 e. The molecular formula is C22H30O5. The van der Waals surface area contributed by atoms with E-state index < -0.39 is 6.29 Å². The summed E-state index contributed by atoms with van der Waals surface area (Å²) >= 11 is 0. The average molecular weight is 374 g/mol. The first kappa shape index (κ1) is 17.0. The van der Waals surface area contributed by atoms with E-state index in [-0.39, 0.29) is 46.6 Å². The van der Waals surface area contributed by atoms with Crippen LogP contribution in [0.1, 0.15) is 59.3 Å². The fraction of sp³-hybridized carbons (Fsp3) is 0.864. The highest BCUT2D eigenvalue weighted by Gasteiger charge is 2.81. The van der Waals surface area contributed by atoms with Gasteiger partial charge in [-0.1, -0.05) is 25.0 Å². The molecule has 5 nitrogen and oxygen atoms in total. The molecule has 0 amide bonds. The fourth-order valence-corrected chi connectivity index (χ4v) is 8.67. The first-order valence-corrected chi connectivity index (χ1v) is 10.7. The normalized spacial score (nSPS) is 59.9. The van der Waals surface area contributed by atoms with Gasteiger partial charge in [0.2, 0.25) is 0 Å². The fourth-order valence-electron chi connectivity index (χ4n) is 8.67. The molecule has 148 valence electrons. The van der Waals surface area contributed by atoms with Gasteiger partial charge in [-0.25, -0.2) is 0 Å². The summed E-state index contributed by atoms with van der Waals surface area (Å²) < 4.78 is 18.8. The SMILES string of the molecule is CC(=O)O[C@@H]1[C@H]2O[C@H]3O[C@@H](O)[C@@]4(C)CCC[C@@]3([C@@H]3C[C@@H]5CCC23C=C5C)[C@H]14. The van der Waals surface area contributed by atoms with Crippen molar-refractivity contribution < 1.29 is 24.1 Å². The van der Waals surface area contributed by atoms with Crippen molar-refractivity contribution in [3.63, 3.8) is 0 Å². The number of ether oxygens (including phenoxy) is 3. The van der Waals surface area contributed by atoms with Gasteiger partial charge in [0.05, 0.1) is 0 Å². The van der Waals surface area contributed by atoms with Gasteiger partial charge in [-0.2, -0.15) is 0 Å². The topological polar surface area (TPSA) is 65.0 Å². The Morgan fingerprint density at radius 2 is 2.11 bits per heavy atom. The summed E-state index contributed by atoms with van der Waals surface area (Å²) in [6.07, 6.45) is 7.34. The second kappa shape index (κ2) is 4.98. The Labute approximate surface area is 160 Å². The highest BCUT2D eigenvalue weighted by Crippen LogP contribution is 2.77. The van der Waals surface area contributed by atoms with Crippen LogP contribution >= 0.6 is 0 Å². The maximum absolute atomic E-state index is 12.1. The van der Waals surface area contributed by atoms with Crippen molar-refractivity contribution in [1.82, 2.24) is 0 Å². The summed E-state index contributed by atoms with van der Waals surface area (Å²) in [6, 6.07) is 0. The van der Waals surface area contributed by atoms with E-state index in [2.05, 4.69) is 19.9 Å². The molecule has 0 aromatic heterocycles. The monoisotopic (exact) mass is 374 g/mol. The lowest BCUT2D eigenvalue weighted by Crippen LogP contribution is -2.82. The lowest BCUT2D eigenvalue weighted by Gasteiger charge is -2.78. The van der Waals surface area contributed by atoms with Crippen LogP contribution in [0.5, 0.6) is 0 Å². The van der Waals surface area contributed by atoms with Crippen LogP contribution in [-0.4, -0.2) is 35.9 Å². The summed E-state index contributed by atoms with van der Waals surface area (Å²) in [6.45, 7) is 5.90. The van der Waals surface area contributed by atoms with Gasteiger partial charge in [0.25, 0.3) is 0 Å². The van der Waals surface area contributed by atoms with Crippen molar-refractivity contribution in [2.75, 3.05) is 0 Å². The summed E-state index contributed by atoms with van der Waals surface area (Å²) in [4.78, 5) is 12.1. The van der Waals surface area contributed by atoms with Gasteiger partial charge in [0.1, 0.15) is 12.2 Å². The maximum atomic E-state index is 12.1. The molecule has 3 heterocycles. The Morgan fingerprint density at radius 1 is 1.30 bits per heavy atom. The third kappa shape index (κ3) is 1.72. The Morgan fingerprint density at radius 3 is 2.85 bits per heavy atom. The van der Waals surface area contributed by atoms with E-state index in [9.17, 15) is 9.90 Å². The minimum Gasteiger partial charge on any atom is -0.459 e. The minimum atomic E-state index is -0.855. The highest BCUT2D eigenvalue weighted by atomic mass is 16.7. The third-order valence-electron chi connectivity index (χ3n) is 9.48. The molecule has 2 spiro atoms. The van der Waals surface area contributed by atoms with Crippen LogP contribution in [0.3, 0.4) is 0 Å². The highest BCUT2D eigenvalue weighted by molar-refractivity contribution is 5.66. The predicted octanol–water partition coefficient (Wildman–Crippen LogP) is 3.16. The van der Waals surface area contributed by atoms with Crippen molar-refractivity contribution in [2.45, 2.75) is 84.1 Å². The van der Waals surface area contributed by atoms with Gasteiger partial charge in [0.15, 0.2) is 12.6 Å². The Bertz CT molecular complexity index is 747. The molecule has 7 bridgehead atoms. The zero-order chi connectivity index (χ0) is 18.8. The van der Waals surface area contributed by atoms with Gasteiger partial charge in [-0.3, -0.25) is 4.79 Å². The number of esters is 1. The molecular weight excluding hydrogens is 344 g/mol. The molecule has 8 aliphatic rings. The first-order valence-electron chi connectivity index (χ1n) is 10.7. The van der Waals surface area contributed by atoms with Crippen LogP contribution in [0, 0.1) is 34.0 Å². The largest absolute Gasteiger partial charge is 0.459 e. The number of rotatable bonds is 1. The molecule has 6 fully saturated rings. The third-order valence-corrected chi connectivity index (χ3v) is 9.48. The Balaban J connectivity index is 1.59. The molecule has 8 rings (SSSR count). The zero-order valence-electron chi connectivity index (χ0n) is 16.4. The number of allylic oxidation sites excluding steroid dienone is 1. The molecule has 1 unspecified atom stereocenters. The molecule has 0 aromatic carbocycles. The molecule has 0 radical (unpaired) electrons. The summed E-state index contributed by atoms with van der Waals surface area (Å²) in [7, 11) is 0. The minimum absolute atomic E-state index is 0.0458. The lowest BCUT2D eigenvalue weighted by molar-refractivity contribution is -0.479. The van der Waals surface area contributed by atoms with E-state index in [4.69, 9.17) is 14.2 Å². The number of hydrogen-bond acceptors (Lipinski definition) is 5. The van der Waals surface area contributed by atoms with E-state index in [0.717, 1.165) is 25.7 Å². The molecule has 5 heteroatoms. The van der Waals surface area contributed by atoms with Crippen LogP contribution in [0.2, 0.25) is 0 Å². The first-order chi connectivity index (χ1) is 12.8. The molecule has 3 saturated carbocycles. The number of carbonyl (C=O) groups excluding carboxylic acids is 1. The van der Waals surface area contributed by atoms with Crippen LogP contribution in [-0.2, 0) is 19.0 Å². The standard InChI is InChI=1S/C22H30O5/c1-11-10-21-8-5-13(11)9-14(21)22-7-4-6-20(3)16(22)15(25-12(2)23)17(21)26-19(22)27-18(20)24/h10,13-19,24H,4-9H2,1-3H3/t13-,14+,15-,16+,17+,18+,19-,20-,21?,22+/m0/s1. The van der Waals surface area contributed by atoms with E-state index >= 15 is 0 Å². The second-order valence-electron chi connectivity index (χ2n) is 10.4. The summed E-state index contributed by atoms with van der Waals surface area (Å²) in [5.74, 6) is 1.03. The average Bonchev–Trinajstić information content (AvgIpc) is 2.61. The van der Waals surface area contributed by atoms with Crippen molar-refractivity contribution in [3.05, 3.63) is 11.6 Å². The molecule has 27 heavy (non-hydrogen) atoms. The van der Waals surface area contributed by atoms with Crippen molar-refractivity contribution in [3.8, 4) is 0 Å². The number of fused-ring (bicyclic) bond motifs is 1. The molecule has 5 aliphatic carbocycles. The van der Waals surface area contributed by atoms with Crippen molar-refractivity contribution >= 4 is 5.97 Å². The van der Waals surface area contributed by atoms with Crippen molar-refractivity contribution in [1.29, 1.82) is 0 Å². The quantitative estimate of drug-likeness (QED) is 0.564. The van der Waals surface area contributed by atoms with E-state index in [0.29, 0.717) is 11.8 Å². The molecule has 10 atom stereocenters. The Kier molecular flexibility index (Phi) is 3.13. The van der Waals surface area contributed by atoms with E-state index in [1.165, 1.54) is 25.3 Å². The number of aliphatic hydroxyl groups excluding tert-OH is 1. The van der Waals surface area contributed by atoms with Gasteiger partial charge in [-0.05, 0) is 50.9 Å². The zero-order valence-corrected chi connectivity index (χ0v) is 16.4. The van der Waals surface area contributed by atoms with Gasteiger partial charge in [0, 0.05) is 29.1 Å². The van der Waals surface area contributed by atoms with Gasteiger partial charge >= 0.3 is 5.97 Å². The molecule has 3 aliphatic heterocycles. The smallest absolute Gasteiger partial charge is 0.303 e.